The second kappa shape index (κ2) is 7.61. The van der Waals surface area contributed by atoms with E-state index in [4.69, 9.17) is 19.3 Å². The minimum absolute atomic E-state index is 0.00648. The molecule has 2 heterocycles. The SMILES string of the molecule is Cc1ccccc1-c1cc(C2COc3cc4c(cc3O2)OC[C@H]4CC(=O)O)ccc1F. The summed E-state index contributed by atoms with van der Waals surface area (Å²) in [7, 11) is 0. The lowest BCUT2D eigenvalue weighted by Crippen LogP contribution is -2.22. The molecule has 2 aliphatic heterocycles. The van der Waals surface area contributed by atoms with Crippen molar-refractivity contribution in [3.05, 3.63) is 77.1 Å². The zero-order valence-electron chi connectivity index (χ0n) is 16.9. The Kier molecular flexibility index (Phi) is 4.77. The quantitative estimate of drug-likeness (QED) is 0.623. The molecule has 1 N–H and O–H groups in total. The molecule has 0 saturated carbocycles. The van der Waals surface area contributed by atoms with Gasteiger partial charge in [-0.1, -0.05) is 30.3 Å². The summed E-state index contributed by atoms with van der Waals surface area (Å²) in [6, 6.07) is 16.2. The van der Waals surface area contributed by atoms with Gasteiger partial charge in [0.2, 0.25) is 0 Å². The number of carboxylic acids is 1. The van der Waals surface area contributed by atoms with Gasteiger partial charge in [-0.05, 0) is 41.8 Å². The predicted molar refractivity (Wildman–Crippen MR) is 112 cm³/mol. The van der Waals surface area contributed by atoms with Gasteiger partial charge in [-0.25, -0.2) is 4.39 Å². The summed E-state index contributed by atoms with van der Waals surface area (Å²) in [6.45, 7) is 2.55. The Bertz CT molecular complexity index is 1170. The molecule has 5 rings (SSSR count). The molecule has 3 aromatic rings. The van der Waals surface area contributed by atoms with Gasteiger partial charge in [-0.3, -0.25) is 4.79 Å². The van der Waals surface area contributed by atoms with E-state index in [1.807, 2.05) is 43.3 Å². The molecule has 5 nitrogen and oxygen atoms in total. The molecular formula is C25H21FO5. The first kappa shape index (κ1) is 19.4. The largest absolute Gasteiger partial charge is 0.492 e. The molecule has 1 unspecified atom stereocenters. The number of benzene rings is 3. The molecule has 158 valence electrons. The third kappa shape index (κ3) is 3.58. The van der Waals surface area contributed by atoms with Crippen LogP contribution in [-0.2, 0) is 4.79 Å². The number of aliphatic carboxylic acids is 1. The summed E-state index contributed by atoms with van der Waals surface area (Å²) in [5.74, 6) is 0.370. The molecule has 2 aliphatic rings. The van der Waals surface area contributed by atoms with Crippen LogP contribution in [0.3, 0.4) is 0 Å². The molecular weight excluding hydrogens is 399 g/mol. The van der Waals surface area contributed by atoms with E-state index >= 15 is 0 Å². The highest BCUT2D eigenvalue weighted by Crippen LogP contribution is 2.46. The lowest BCUT2D eigenvalue weighted by molar-refractivity contribution is -0.137. The second-order valence-electron chi connectivity index (χ2n) is 7.91. The van der Waals surface area contributed by atoms with E-state index in [0.29, 0.717) is 29.4 Å². The molecule has 0 saturated heterocycles. The molecule has 0 radical (unpaired) electrons. The minimum atomic E-state index is -0.864. The van der Waals surface area contributed by atoms with Crippen LogP contribution in [-0.4, -0.2) is 24.3 Å². The van der Waals surface area contributed by atoms with Gasteiger partial charge in [0.1, 0.15) is 18.2 Å². The molecule has 0 spiro atoms. The van der Waals surface area contributed by atoms with Gasteiger partial charge in [-0.2, -0.15) is 0 Å². The fourth-order valence-corrected chi connectivity index (χ4v) is 4.21. The number of hydrogen-bond acceptors (Lipinski definition) is 4. The summed E-state index contributed by atoms with van der Waals surface area (Å²) >= 11 is 0. The number of aryl methyl sites for hydroxylation is 1. The first-order valence-electron chi connectivity index (χ1n) is 10.2. The van der Waals surface area contributed by atoms with Crippen LogP contribution in [0.15, 0.2) is 54.6 Å². The highest BCUT2D eigenvalue weighted by atomic mass is 19.1. The number of halogens is 1. The summed E-state index contributed by atoms with van der Waals surface area (Å²) in [5.41, 5.74) is 4.00. The number of ether oxygens (including phenoxy) is 3. The third-order valence-electron chi connectivity index (χ3n) is 5.83. The molecule has 31 heavy (non-hydrogen) atoms. The fraction of sp³-hybridized carbons (Fsp3) is 0.240. The van der Waals surface area contributed by atoms with Gasteiger partial charge in [0.25, 0.3) is 0 Å². The molecule has 0 amide bonds. The zero-order valence-corrected chi connectivity index (χ0v) is 16.9. The number of carbonyl (C=O) groups is 1. The van der Waals surface area contributed by atoms with Crippen molar-refractivity contribution >= 4 is 5.97 Å². The van der Waals surface area contributed by atoms with Crippen LogP contribution in [0.4, 0.5) is 4.39 Å². The Hall–Kier alpha value is -3.54. The van der Waals surface area contributed by atoms with Gasteiger partial charge < -0.3 is 19.3 Å². The molecule has 0 bridgehead atoms. The van der Waals surface area contributed by atoms with Gasteiger partial charge >= 0.3 is 5.97 Å². The predicted octanol–water partition coefficient (Wildman–Crippen LogP) is 5.26. The topological polar surface area (TPSA) is 65.0 Å². The fourth-order valence-electron chi connectivity index (χ4n) is 4.21. The van der Waals surface area contributed by atoms with Crippen LogP contribution < -0.4 is 14.2 Å². The van der Waals surface area contributed by atoms with Crippen molar-refractivity contribution in [1.29, 1.82) is 0 Å². The van der Waals surface area contributed by atoms with E-state index in [9.17, 15) is 9.18 Å². The lowest BCUT2D eigenvalue weighted by Gasteiger charge is -2.28. The Labute approximate surface area is 179 Å². The van der Waals surface area contributed by atoms with Gasteiger partial charge in [0.15, 0.2) is 17.6 Å². The standard InChI is InChI=1S/C25H21FO5/c1-14-4-2-3-5-17(14)19-8-15(6-7-20(19)26)24-13-30-22-10-18-16(9-25(27)28)12-29-21(18)11-23(22)31-24/h2-8,10-11,16,24H,9,12-13H2,1H3,(H,27,28)/t16-,24?/m1/s1. The van der Waals surface area contributed by atoms with Crippen molar-refractivity contribution in [3.8, 4) is 28.4 Å². The van der Waals surface area contributed by atoms with E-state index in [0.717, 1.165) is 22.3 Å². The monoisotopic (exact) mass is 420 g/mol. The van der Waals surface area contributed by atoms with Crippen LogP contribution in [0.1, 0.15) is 35.1 Å². The van der Waals surface area contributed by atoms with Crippen molar-refractivity contribution in [3.63, 3.8) is 0 Å². The number of carboxylic acid groups (broad SMARTS) is 1. The van der Waals surface area contributed by atoms with Crippen molar-refractivity contribution in [1.82, 2.24) is 0 Å². The Morgan fingerprint density at radius 1 is 1.00 bits per heavy atom. The second-order valence-corrected chi connectivity index (χ2v) is 7.91. The molecule has 0 aliphatic carbocycles. The van der Waals surface area contributed by atoms with Crippen LogP contribution in [0, 0.1) is 12.7 Å². The molecule has 2 atom stereocenters. The van der Waals surface area contributed by atoms with Gasteiger partial charge in [-0.15, -0.1) is 0 Å². The summed E-state index contributed by atoms with van der Waals surface area (Å²) < 4.78 is 32.4. The van der Waals surface area contributed by atoms with E-state index in [1.165, 1.54) is 6.07 Å². The maximum Gasteiger partial charge on any atom is 0.304 e. The molecule has 0 fully saturated rings. The van der Waals surface area contributed by atoms with E-state index < -0.39 is 12.1 Å². The first-order chi connectivity index (χ1) is 15.0. The maximum absolute atomic E-state index is 14.6. The van der Waals surface area contributed by atoms with Crippen molar-refractivity contribution in [2.75, 3.05) is 13.2 Å². The molecule has 0 aromatic heterocycles. The smallest absolute Gasteiger partial charge is 0.304 e. The Morgan fingerprint density at radius 2 is 1.81 bits per heavy atom. The third-order valence-corrected chi connectivity index (χ3v) is 5.83. The van der Waals surface area contributed by atoms with Crippen molar-refractivity contribution in [2.24, 2.45) is 0 Å². The lowest BCUT2D eigenvalue weighted by atomic mass is 9.96. The highest BCUT2D eigenvalue weighted by Gasteiger charge is 2.31. The van der Waals surface area contributed by atoms with Crippen LogP contribution in [0.5, 0.6) is 17.2 Å². The Morgan fingerprint density at radius 3 is 2.61 bits per heavy atom. The first-order valence-corrected chi connectivity index (χ1v) is 10.2. The normalized spacial score (nSPS) is 18.9. The Balaban J connectivity index is 1.44. The minimum Gasteiger partial charge on any atom is -0.492 e. The summed E-state index contributed by atoms with van der Waals surface area (Å²) in [5, 5.41) is 9.10. The van der Waals surface area contributed by atoms with E-state index in [2.05, 4.69) is 0 Å². The van der Waals surface area contributed by atoms with Crippen LogP contribution >= 0.6 is 0 Å². The van der Waals surface area contributed by atoms with Gasteiger partial charge in [0, 0.05) is 23.1 Å². The van der Waals surface area contributed by atoms with E-state index in [1.54, 1.807) is 12.1 Å². The van der Waals surface area contributed by atoms with E-state index in [-0.39, 0.29) is 24.8 Å². The molecule has 3 aromatic carbocycles. The van der Waals surface area contributed by atoms with Crippen LogP contribution in [0.2, 0.25) is 0 Å². The zero-order chi connectivity index (χ0) is 21.5. The van der Waals surface area contributed by atoms with Crippen molar-refractivity contribution < 1.29 is 28.5 Å². The number of hydrogen-bond donors (Lipinski definition) is 1. The highest BCUT2D eigenvalue weighted by molar-refractivity contribution is 5.70. The van der Waals surface area contributed by atoms with Crippen LogP contribution in [0.25, 0.3) is 11.1 Å². The average Bonchev–Trinajstić information content (AvgIpc) is 3.13. The van der Waals surface area contributed by atoms with Crippen molar-refractivity contribution in [2.45, 2.75) is 25.4 Å². The summed E-state index contributed by atoms with van der Waals surface area (Å²) in [4.78, 5) is 11.1. The number of rotatable bonds is 4. The maximum atomic E-state index is 14.6. The summed E-state index contributed by atoms with van der Waals surface area (Å²) in [6.07, 6.45) is -0.392. The molecule has 6 heteroatoms. The number of fused-ring (bicyclic) bond motifs is 2. The average molecular weight is 420 g/mol. The van der Waals surface area contributed by atoms with Gasteiger partial charge in [0.05, 0.1) is 13.0 Å².